The number of pyridine rings is 1. The van der Waals surface area contributed by atoms with Gasteiger partial charge in [-0.3, -0.25) is 4.79 Å². The van der Waals surface area contributed by atoms with E-state index in [4.69, 9.17) is 4.74 Å². The fraction of sp³-hybridized carbons (Fsp3) is 0.409. The van der Waals surface area contributed by atoms with E-state index in [1.807, 2.05) is 0 Å². The van der Waals surface area contributed by atoms with Gasteiger partial charge in [-0.1, -0.05) is 6.42 Å². The van der Waals surface area contributed by atoms with E-state index in [1.54, 1.807) is 37.5 Å². The third-order valence-corrected chi connectivity index (χ3v) is 6.16. The number of hydrogen-bond donors (Lipinski definition) is 2. The van der Waals surface area contributed by atoms with Gasteiger partial charge in [-0.25, -0.2) is 4.39 Å². The first-order valence-electron chi connectivity index (χ1n) is 10.2. The molecule has 7 nitrogen and oxygen atoms in total. The van der Waals surface area contributed by atoms with Gasteiger partial charge in [-0.05, 0) is 42.5 Å². The zero-order valence-corrected chi connectivity index (χ0v) is 16.6. The maximum absolute atomic E-state index is 14.7. The van der Waals surface area contributed by atoms with E-state index in [0.29, 0.717) is 28.5 Å². The summed E-state index contributed by atoms with van der Waals surface area (Å²) in [4.78, 5) is 12.2. The first kappa shape index (κ1) is 19.0. The van der Waals surface area contributed by atoms with Crippen molar-refractivity contribution in [2.24, 2.45) is 7.05 Å². The number of phenolic OH excluding ortho intramolecular Hbond substituents is 1. The first-order valence-corrected chi connectivity index (χ1v) is 10.2. The van der Waals surface area contributed by atoms with Crippen LogP contribution in [-0.4, -0.2) is 44.2 Å². The fourth-order valence-electron chi connectivity index (χ4n) is 4.54. The number of alkyl halides is 1. The van der Waals surface area contributed by atoms with E-state index >= 15 is 0 Å². The van der Waals surface area contributed by atoms with Crippen LogP contribution in [-0.2, 0) is 7.05 Å². The lowest BCUT2D eigenvalue weighted by Gasteiger charge is -2.42. The van der Waals surface area contributed by atoms with E-state index in [2.05, 4.69) is 15.5 Å². The van der Waals surface area contributed by atoms with Crippen LogP contribution < -0.4 is 15.6 Å². The molecule has 4 heterocycles. The number of aryl methyl sites for hydroxylation is 1. The average molecular weight is 410 g/mol. The second-order valence-electron chi connectivity index (χ2n) is 8.18. The van der Waals surface area contributed by atoms with Crippen LogP contribution in [0.15, 0.2) is 41.3 Å². The zero-order chi connectivity index (χ0) is 20.8. The number of rotatable bonds is 3. The van der Waals surface area contributed by atoms with Gasteiger partial charge in [-0.15, -0.1) is 10.2 Å². The number of aromatic nitrogens is 3. The maximum atomic E-state index is 14.7. The number of halogens is 1. The molecule has 5 rings (SSSR count). The topological polar surface area (TPSA) is 89.3 Å². The van der Waals surface area contributed by atoms with Crippen LogP contribution in [0.4, 0.5) is 4.39 Å². The molecule has 0 spiro atoms. The second kappa shape index (κ2) is 7.36. The molecule has 30 heavy (non-hydrogen) atoms. The van der Waals surface area contributed by atoms with Crippen molar-refractivity contribution in [1.29, 1.82) is 0 Å². The number of phenols is 1. The summed E-state index contributed by atoms with van der Waals surface area (Å²) in [6, 6.07) is 8.41. The molecular formula is C22H23FN4O3. The number of benzene rings is 1. The van der Waals surface area contributed by atoms with Crippen LogP contribution in [0, 0.1) is 0 Å². The molecule has 0 radical (unpaired) electrons. The van der Waals surface area contributed by atoms with E-state index < -0.39 is 12.3 Å². The van der Waals surface area contributed by atoms with E-state index in [9.17, 15) is 14.3 Å². The van der Waals surface area contributed by atoms with Crippen LogP contribution in [0.3, 0.4) is 0 Å². The molecule has 1 aromatic carbocycles. The molecule has 2 aromatic heterocycles. The largest absolute Gasteiger partial charge is 0.507 e. The third kappa shape index (κ3) is 3.31. The molecule has 0 aliphatic carbocycles. The van der Waals surface area contributed by atoms with Crippen molar-refractivity contribution in [2.75, 3.05) is 0 Å². The Balaban J connectivity index is 1.39. The quantitative estimate of drug-likeness (QED) is 0.690. The highest BCUT2D eigenvalue weighted by atomic mass is 19.1. The van der Waals surface area contributed by atoms with Crippen molar-refractivity contribution in [3.8, 4) is 22.9 Å². The SMILES string of the molecule is Cn1ccc2cc(-c3ccc(O[C@@H]4C[C@H]5CCC[C@H](N5)[C@@H]4F)nn3)c(O)cc2c1=O. The minimum atomic E-state index is -1.07. The predicted octanol–water partition coefficient (Wildman–Crippen LogP) is 2.70. The van der Waals surface area contributed by atoms with Gasteiger partial charge >= 0.3 is 0 Å². The number of ether oxygens (including phenoxy) is 1. The third-order valence-electron chi connectivity index (χ3n) is 6.16. The van der Waals surface area contributed by atoms with Gasteiger partial charge in [0.2, 0.25) is 5.88 Å². The molecule has 0 amide bonds. The highest BCUT2D eigenvalue weighted by Crippen LogP contribution is 2.33. The summed E-state index contributed by atoms with van der Waals surface area (Å²) in [5.41, 5.74) is 0.729. The first-order chi connectivity index (χ1) is 14.5. The molecule has 0 unspecified atom stereocenters. The van der Waals surface area contributed by atoms with E-state index in [1.165, 1.54) is 10.6 Å². The smallest absolute Gasteiger partial charge is 0.258 e. The van der Waals surface area contributed by atoms with Crippen molar-refractivity contribution < 1.29 is 14.2 Å². The summed E-state index contributed by atoms with van der Waals surface area (Å²) in [7, 11) is 1.66. The molecule has 8 heteroatoms. The summed E-state index contributed by atoms with van der Waals surface area (Å²) >= 11 is 0. The standard InChI is InChI=1S/C22H23FN4O3/c1-27-8-7-12-9-15(18(28)11-14(12)22(27)29)16-5-6-20(26-25-16)30-19-10-13-3-2-4-17(24-13)21(19)23/h5-9,11,13,17,19,21,24,28H,2-4,10H2,1H3/t13-,17+,19-,21+/m1/s1. The van der Waals surface area contributed by atoms with Crippen molar-refractivity contribution >= 4 is 10.8 Å². The Hall–Kier alpha value is -3.00. The van der Waals surface area contributed by atoms with Gasteiger partial charge < -0.3 is 19.7 Å². The molecule has 2 saturated heterocycles. The summed E-state index contributed by atoms with van der Waals surface area (Å²) in [5, 5.41) is 23.2. The van der Waals surface area contributed by atoms with E-state index in [0.717, 1.165) is 19.3 Å². The van der Waals surface area contributed by atoms with Gasteiger partial charge in [0.1, 0.15) is 11.9 Å². The predicted molar refractivity (Wildman–Crippen MR) is 110 cm³/mol. The fourth-order valence-corrected chi connectivity index (χ4v) is 4.54. The molecule has 2 fully saturated rings. The number of nitrogens with zero attached hydrogens (tertiary/aromatic N) is 3. The Morgan fingerprint density at radius 3 is 2.90 bits per heavy atom. The summed E-state index contributed by atoms with van der Waals surface area (Å²) in [6.45, 7) is 0. The highest BCUT2D eigenvalue weighted by Gasteiger charge is 2.41. The van der Waals surface area contributed by atoms with Crippen LogP contribution in [0.5, 0.6) is 11.6 Å². The van der Waals surface area contributed by atoms with Crippen molar-refractivity contribution in [3.63, 3.8) is 0 Å². The summed E-state index contributed by atoms with van der Waals surface area (Å²) in [6.07, 6.45) is 3.59. The van der Waals surface area contributed by atoms with Gasteiger partial charge in [0.25, 0.3) is 5.56 Å². The number of fused-ring (bicyclic) bond motifs is 3. The highest BCUT2D eigenvalue weighted by molar-refractivity contribution is 5.89. The number of nitrogens with one attached hydrogen (secondary N) is 1. The lowest BCUT2D eigenvalue weighted by molar-refractivity contribution is 0.00652. The molecule has 2 N–H and O–H groups in total. The second-order valence-corrected chi connectivity index (χ2v) is 8.18. The van der Waals surface area contributed by atoms with Gasteiger partial charge in [-0.2, -0.15) is 0 Å². The maximum Gasteiger partial charge on any atom is 0.258 e. The molecule has 2 bridgehead atoms. The molecule has 0 saturated carbocycles. The van der Waals surface area contributed by atoms with Crippen LogP contribution in [0.25, 0.3) is 22.0 Å². The van der Waals surface area contributed by atoms with Crippen LogP contribution in [0.2, 0.25) is 0 Å². The van der Waals surface area contributed by atoms with Crippen molar-refractivity contribution in [3.05, 3.63) is 46.9 Å². The van der Waals surface area contributed by atoms with Gasteiger partial charge in [0, 0.05) is 43.4 Å². The Labute approximate surface area is 172 Å². The Morgan fingerprint density at radius 1 is 1.23 bits per heavy atom. The summed E-state index contributed by atoms with van der Waals surface area (Å²) in [5.74, 6) is 0.212. The van der Waals surface area contributed by atoms with E-state index in [-0.39, 0.29) is 29.3 Å². The minimum absolute atomic E-state index is 0.0521. The van der Waals surface area contributed by atoms with Crippen molar-refractivity contribution in [1.82, 2.24) is 20.1 Å². The number of hydrogen-bond acceptors (Lipinski definition) is 6. The molecule has 2 aliphatic rings. The van der Waals surface area contributed by atoms with Crippen LogP contribution >= 0.6 is 0 Å². The lowest BCUT2D eigenvalue weighted by atomic mass is 9.84. The van der Waals surface area contributed by atoms with Crippen LogP contribution in [0.1, 0.15) is 25.7 Å². The number of piperidine rings is 2. The minimum Gasteiger partial charge on any atom is -0.507 e. The number of aromatic hydroxyl groups is 1. The Bertz CT molecular complexity index is 1150. The average Bonchev–Trinajstić information content (AvgIpc) is 2.75. The summed E-state index contributed by atoms with van der Waals surface area (Å²) < 4.78 is 22.0. The molecular weight excluding hydrogens is 387 g/mol. The van der Waals surface area contributed by atoms with Gasteiger partial charge in [0.15, 0.2) is 6.17 Å². The van der Waals surface area contributed by atoms with Crippen molar-refractivity contribution in [2.45, 2.75) is 50.0 Å². The zero-order valence-electron chi connectivity index (χ0n) is 16.6. The lowest BCUT2D eigenvalue weighted by Crippen LogP contribution is -2.59. The van der Waals surface area contributed by atoms with Gasteiger partial charge in [0.05, 0.1) is 11.1 Å². The molecule has 3 aromatic rings. The normalized spacial score (nSPS) is 25.9. The molecule has 156 valence electrons. The molecule has 4 atom stereocenters. The molecule has 2 aliphatic heterocycles. The Kier molecular flexibility index (Phi) is 4.66. The Morgan fingerprint density at radius 2 is 2.10 bits per heavy atom. The monoisotopic (exact) mass is 410 g/mol.